The maximum Gasteiger partial charge on any atom is 2.00 e. The summed E-state index contributed by atoms with van der Waals surface area (Å²) in [6.07, 6.45) is -0.0102. The number of ether oxygens (including phenoxy) is 3. The number of benzene rings is 3. The van der Waals surface area contributed by atoms with Gasteiger partial charge in [-0.2, -0.15) is 18.3 Å². The zero-order valence-corrected chi connectivity index (χ0v) is 42.6. The SMILES string of the molecule is CC(C)(C)c1ccc(N(c2ccc(-c3ccc(-c4cc(C(F)(F)F)n[n-]4)nc3)cc2)c2ccc(C(C)(C)C)cc2)cc1.O=COc1ccnc(-c2cc(OC=O)cc(-c3cc(OC=O)ccn3)n2)c1.[N-]=C=S.[Ru+2]. The molecule has 73 heavy (non-hydrogen) atoms. The fraction of sp³-hybridized carbons (Fsp3) is 0.167. The number of thiocarbonyl (C=S) groups is 1. The predicted octanol–water partition coefficient (Wildman–Crippen LogP) is 12.3. The van der Waals surface area contributed by atoms with E-state index >= 15 is 0 Å². The van der Waals surface area contributed by atoms with Crippen molar-refractivity contribution in [3.8, 4) is 62.5 Å². The van der Waals surface area contributed by atoms with Crippen LogP contribution in [0.2, 0.25) is 0 Å². The molecule has 0 radical (unpaired) electrons. The van der Waals surface area contributed by atoms with Crippen molar-refractivity contribution < 1.29 is 61.2 Å². The van der Waals surface area contributed by atoms with E-state index in [1.54, 1.807) is 12.3 Å². The number of aromatic nitrogens is 6. The van der Waals surface area contributed by atoms with Gasteiger partial charge in [0, 0.05) is 71.2 Å². The Morgan fingerprint density at radius 1 is 0.562 bits per heavy atom. The first-order chi connectivity index (χ1) is 34.3. The molecule has 0 fully saturated rings. The molecule has 0 bridgehead atoms. The number of anilines is 3. The Morgan fingerprint density at radius 3 is 1.36 bits per heavy atom. The van der Waals surface area contributed by atoms with E-state index < -0.39 is 11.9 Å². The Hall–Kier alpha value is -8.11. The predicted molar refractivity (Wildman–Crippen MR) is 270 cm³/mol. The van der Waals surface area contributed by atoms with Gasteiger partial charge >= 0.3 is 25.7 Å². The largest absolute Gasteiger partial charge is 2.00 e. The Bertz CT molecular complexity index is 3030. The van der Waals surface area contributed by atoms with Crippen LogP contribution < -0.4 is 24.2 Å². The summed E-state index contributed by atoms with van der Waals surface area (Å²) in [5.41, 5.74) is 8.41. The van der Waals surface area contributed by atoms with Gasteiger partial charge in [-0.1, -0.05) is 102 Å². The van der Waals surface area contributed by atoms with E-state index in [1.165, 1.54) is 65.1 Å². The molecule has 0 aliphatic rings. The molecule has 0 saturated carbocycles. The average Bonchev–Trinajstić information content (AvgIpc) is 3.87. The molecule has 19 heteroatoms. The van der Waals surface area contributed by atoms with Crippen LogP contribution in [0.5, 0.6) is 17.2 Å². The monoisotopic (exact) mass is 1090 g/mol. The molecular formula is C54H45F3N8O6RuS. The van der Waals surface area contributed by atoms with Crippen molar-refractivity contribution in [2.75, 3.05) is 4.90 Å². The van der Waals surface area contributed by atoms with Crippen LogP contribution >= 0.6 is 12.2 Å². The first-order valence-corrected chi connectivity index (χ1v) is 22.2. The van der Waals surface area contributed by atoms with Gasteiger partial charge in [0.05, 0.1) is 22.8 Å². The number of rotatable bonds is 13. The second kappa shape index (κ2) is 24.8. The molecule has 0 atom stereocenters. The molecule has 3 aromatic carbocycles. The van der Waals surface area contributed by atoms with Crippen LogP contribution in [0.1, 0.15) is 58.4 Å². The summed E-state index contributed by atoms with van der Waals surface area (Å²) in [5, 5.41) is 15.3. The van der Waals surface area contributed by atoms with Gasteiger partial charge in [-0.3, -0.25) is 29.3 Å². The molecule has 5 aromatic heterocycles. The van der Waals surface area contributed by atoms with Gasteiger partial charge in [0.1, 0.15) is 22.9 Å². The number of halogens is 3. The first kappa shape index (κ1) is 55.8. The van der Waals surface area contributed by atoms with Crippen molar-refractivity contribution in [1.29, 1.82) is 0 Å². The Morgan fingerprint density at radius 2 is 0.973 bits per heavy atom. The van der Waals surface area contributed by atoms with Crippen LogP contribution in [0.3, 0.4) is 0 Å². The third-order valence-corrected chi connectivity index (χ3v) is 10.6. The molecule has 14 nitrogen and oxygen atoms in total. The van der Waals surface area contributed by atoms with E-state index in [4.69, 9.17) is 19.6 Å². The number of isothiocyanates is 1. The molecule has 8 rings (SSSR count). The summed E-state index contributed by atoms with van der Waals surface area (Å²) >= 11 is 3.70. The van der Waals surface area contributed by atoms with Gasteiger partial charge in [-0.15, -0.1) is 0 Å². The van der Waals surface area contributed by atoms with Gasteiger partial charge < -0.3 is 34.7 Å². The number of pyridine rings is 4. The Balaban J connectivity index is 0.000000275. The Kier molecular flexibility index (Phi) is 19.0. The van der Waals surface area contributed by atoms with Gasteiger partial charge in [0.15, 0.2) is 0 Å². The number of hydrogen-bond acceptors (Lipinski definition) is 13. The van der Waals surface area contributed by atoms with Crippen molar-refractivity contribution in [2.45, 2.75) is 58.5 Å². The first-order valence-electron chi connectivity index (χ1n) is 21.8. The van der Waals surface area contributed by atoms with Crippen LogP contribution in [0, 0.1) is 0 Å². The molecule has 0 N–H and O–H groups in total. The van der Waals surface area contributed by atoms with Crippen LogP contribution in [-0.2, 0) is 50.9 Å². The van der Waals surface area contributed by atoms with Crippen LogP contribution in [-0.4, -0.2) is 49.6 Å². The average molecular weight is 1090 g/mol. The maximum atomic E-state index is 12.9. The van der Waals surface area contributed by atoms with Crippen molar-refractivity contribution in [2.24, 2.45) is 0 Å². The molecule has 0 spiro atoms. The van der Waals surface area contributed by atoms with Crippen LogP contribution in [0.4, 0.5) is 30.2 Å². The second-order valence-corrected chi connectivity index (χ2v) is 17.8. The van der Waals surface area contributed by atoms with E-state index in [-0.39, 0.29) is 59.7 Å². The fourth-order valence-corrected chi connectivity index (χ4v) is 7.00. The van der Waals surface area contributed by atoms with E-state index in [1.807, 2.05) is 18.2 Å². The molecule has 372 valence electrons. The zero-order valence-electron chi connectivity index (χ0n) is 40.0. The van der Waals surface area contributed by atoms with Gasteiger partial charge in [0.25, 0.3) is 19.4 Å². The van der Waals surface area contributed by atoms with E-state index in [0.717, 1.165) is 34.3 Å². The van der Waals surface area contributed by atoms with Gasteiger partial charge in [-0.25, -0.2) is 4.98 Å². The number of nitrogens with zero attached hydrogens (tertiary/aromatic N) is 8. The van der Waals surface area contributed by atoms with Crippen molar-refractivity contribution in [3.63, 3.8) is 0 Å². The Labute approximate surface area is 437 Å². The third kappa shape index (κ3) is 15.0. The summed E-state index contributed by atoms with van der Waals surface area (Å²) in [4.78, 5) is 51.2. The molecule has 5 heterocycles. The van der Waals surface area contributed by atoms with Gasteiger partial charge in [-0.05, 0) is 88.2 Å². The van der Waals surface area contributed by atoms with Crippen molar-refractivity contribution in [1.82, 2.24) is 30.1 Å². The molecule has 0 unspecified atom stereocenters. The molecule has 0 aliphatic heterocycles. The topological polar surface area (TPSA) is 183 Å². The number of carbonyl (C=O) groups excluding carboxylic acids is 3. The third-order valence-electron chi connectivity index (χ3n) is 10.6. The normalized spacial score (nSPS) is 10.9. The smallest absolute Gasteiger partial charge is 0.753 e. The minimum atomic E-state index is -4.54. The standard InChI is InChI=1S/C35H34F3N4.C18H11N3O6.CNS.Ru/c1-33(2,3)25-10-16-28(17-11-25)42(29-18-12-26(13-19-29)34(4,5)6)27-14-7-23(8-15-27)24-9-20-30(39-22-24)31-21-32(41-40-31)35(36,37)38;22-9-25-12-1-3-19-15(5-12)17-7-14(27-11-24)8-18(21-17)16-6-13(26-10-23)2-4-20-16;2-1-3;/h7-22H,1-6H3;1-11H;;/q-1;;-1;+2. The van der Waals surface area contributed by atoms with E-state index in [9.17, 15) is 27.6 Å². The zero-order chi connectivity index (χ0) is 52.1. The van der Waals surface area contributed by atoms with E-state index in [0.29, 0.717) is 41.4 Å². The van der Waals surface area contributed by atoms with Crippen LogP contribution in [0.25, 0.3) is 50.7 Å². The summed E-state index contributed by atoms with van der Waals surface area (Å²) in [5.74, 6) is 0.760. The summed E-state index contributed by atoms with van der Waals surface area (Å²) in [6.45, 7) is 14.1. The van der Waals surface area contributed by atoms with Crippen molar-refractivity contribution in [3.05, 3.63) is 168 Å². The maximum absolute atomic E-state index is 12.9. The van der Waals surface area contributed by atoms with Crippen LogP contribution in [0.15, 0.2) is 146 Å². The number of hydrogen-bond donors (Lipinski definition) is 0. The van der Waals surface area contributed by atoms with E-state index in [2.05, 4.69) is 149 Å². The van der Waals surface area contributed by atoms with Crippen molar-refractivity contribution >= 4 is 53.9 Å². The summed E-state index contributed by atoms with van der Waals surface area (Å²) in [7, 11) is 0. The molecule has 0 saturated heterocycles. The number of carbonyl (C=O) groups is 3. The molecule has 0 amide bonds. The number of alkyl halides is 3. The fourth-order valence-electron chi connectivity index (χ4n) is 7.00. The summed E-state index contributed by atoms with van der Waals surface area (Å²) in [6, 6.07) is 39.0. The summed E-state index contributed by atoms with van der Waals surface area (Å²) < 4.78 is 53.3. The quantitative estimate of drug-likeness (QED) is 0.0460. The molecular weight excluding hydrogens is 1050 g/mol. The minimum absolute atomic E-state index is 0. The second-order valence-electron chi connectivity index (χ2n) is 17.6. The molecule has 0 aliphatic carbocycles. The molecule has 8 aromatic rings. The van der Waals surface area contributed by atoms with Gasteiger partial charge in [0.2, 0.25) is 0 Å². The minimum Gasteiger partial charge on any atom is -0.753 e.